The van der Waals surface area contributed by atoms with Gasteiger partial charge in [-0.3, -0.25) is 4.90 Å². The largest absolute Gasteiger partial charge is 0.508 e. The van der Waals surface area contributed by atoms with Crippen molar-refractivity contribution < 1.29 is 9.52 Å². The Morgan fingerprint density at radius 1 is 1.12 bits per heavy atom. The Balaban J connectivity index is 1.94. The van der Waals surface area contributed by atoms with Gasteiger partial charge in [0.15, 0.2) is 0 Å². The maximum atomic E-state index is 11.9. The number of rotatable bonds is 4. The fourth-order valence-electron chi connectivity index (χ4n) is 3.82. The summed E-state index contributed by atoms with van der Waals surface area (Å²) in [6.45, 7) is 2.75. The predicted octanol–water partition coefficient (Wildman–Crippen LogP) is 4.22. The first kappa shape index (κ1) is 17.0. The monoisotopic (exact) mass is 329 g/mol. The van der Waals surface area contributed by atoms with E-state index in [1.165, 1.54) is 38.5 Å². The number of phenols is 1. The number of hydrogen-bond acceptors (Lipinski definition) is 4. The van der Waals surface area contributed by atoms with Crippen LogP contribution in [0.25, 0.3) is 11.0 Å². The number of fused-ring (bicyclic) bond motifs is 1. The predicted molar refractivity (Wildman–Crippen MR) is 96.5 cm³/mol. The molecule has 3 rings (SSSR count). The number of benzene rings is 1. The van der Waals surface area contributed by atoms with Gasteiger partial charge in [0.05, 0.1) is 0 Å². The van der Waals surface area contributed by atoms with Gasteiger partial charge in [-0.25, -0.2) is 4.79 Å². The van der Waals surface area contributed by atoms with Crippen molar-refractivity contribution in [2.24, 2.45) is 0 Å². The average molecular weight is 329 g/mol. The molecule has 0 radical (unpaired) electrons. The van der Waals surface area contributed by atoms with Gasteiger partial charge in [-0.05, 0) is 43.5 Å². The zero-order valence-electron chi connectivity index (χ0n) is 14.7. The lowest BCUT2D eigenvalue weighted by Gasteiger charge is -2.27. The van der Waals surface area contributed by atoms with Gasteiger partial charge in [0, 0.05) is 30.1 Å². The van der Waals surface area contributed by atoms with E-state index < -0.39 is 0 Å². The third-order valence-corrected chi connectivity index (χ3v) is 5.28. The number of phenolic OH excluding ortho intramolecular Hbond substituents is 1. The van der Waals surface area contributed by atoms with Crippen LogP contribution in [0.5, 0.6) is 5.75 Å². The topological polar surface area (TPSA) is 53.7 Å². The van der Waals surface area contributed by atoms with Crippen molar-refractivity contribution in [2.45, 2.75) is 64.5 Å². The minimum Gasteiger partial charge on any atom is -0.508 e. The Bertz CT molecular complexity index is 757. The molecule has 1 fully saturated rings. The van der Waals surface area contributed by atoms with E-state index in [1.807, 2.05) is 13.0 Å². The molecule has 1 aromatic heterocycles. The Labute approximate surface area is 143 Å². The van der Waals surface area contributed by atoms with E-state index in [0.717, 1.165) is 29.5 Å². The van der Waals surface area contributed by atoms with Gasteiger partial charge >= 0.3 is 5.63 Å². The van der Waals surface area contributed by atoms with Crippen molar-refractivity contribution in [2.75, 3.05) is 7.05 Å². The Hall–Kier alpha value is -1.81. The van der Waals surface area contributed by atoms with Crippen molar-refractivity contribution in [3.8, 4) is 5.75 Å². The molecule has 0 amide bonds. The fraction of sp³-hybridized carbons (Fsp3) is 0.550. The van der Waals surface area contributed by atoms with Crippen LogP contribution >= 0.6 is 0 Å². The summed E-state index contributed by atoms with van der Waals surface area (Å²) < 4.78 is 5.30. The van der Waals surface area contributed by atoms with E-state index in [-0.39, 0.29) is 11.4 Å². The highest BCUT2D eigenvalue weighted by Gasteiger charge is 2.19. The van der Waals surface area contributed by atoms with Gasteiger partial charge in [0.1, 0.15) is 11.3 Å². The summed E-state index contributed by atoms with van der Waals surface area (Å²) in [4.78, 5) is 14.3. The molecule has 1 heterocycles. The van der Waals surface area contributed by atoms with Gasteiger partial charge in [-0.2, -0.15) is 0 Å². The first-order chi connectivity index (χ1) is 11.6. The first-order valence-electron chi connectivity index (χ1n) is 9.07. The summed E-state index contributed by atoms with van der Waals surface area (Å²) in [5.74, 6) is 0.197. The quantitative estimate of drug-likeness (QED) is 0.674. The van der Waals surface area contributed by atoms with Crippen LogP contribution in [0.3, 0.4) is 0 Å². The molecule has 1 aromatic carbocycles. The Morgan fingerprint density at radius 2 is 1.83 bits per heavy atom. The highest BCUT2D eigenvalue weighted by molar-refractivity contribution is 5.82. The molecule has 1 aliphatic rings. The molecule has 0 saturated heterocycles. The highest BCUT2D eigenvalue weighted by atomic mass is 16.4. The van der Waals surface area contributed by atoms with Crippen molar-refractivity contribution in [3.63, 3.8) is 0 Å². The minimum atomic E-state index is -0.351. The van der Waals surface area contributed by atoms with Gasteiger partial charge < -0.3 is 9.52 Å². The van der Waals surface area contributed by atoms with E-state index >= 15 is 0 Å². The van der Waals surface area contributed by atoms with Crippen LogP contribution in [0.2, 0.25) is 0 Å². The van der Waals surface area contributed by atoms with Crippen LogP contribution in [0.1, 0.15) is 56.6 Å². The zero-order chi connectivity index (χ0) is 17.1. The molecule has 1 aliphatic carbocycles. The normalized spacial score (nSPS) is 16.6. The summed E-state index contributed by atoms with van der Waals surface area (Å²) in [5.41, 5.74) is 1.99. The number of aryl methyl sites for hydroxylation is 1. The van der Waals surface area contributed by atoms with Crippen LogP contribution in [0, 0.1) is 0 Å². The molecule has 130 valence electrons. The average Bonchev–Trinajstić information content (AvgIpc) is 2.83. The van der Waals surface area contributed by atoms with Crippen molar-refractivity contribution in [1.82, 2.24) is 4.90 Å². The molecule has 4 nitrogen and oxygen atoms in total. The van der Waals surface area contributed by atoms with E-state index in [9.17, 15) is 9.90 Å². The molecule has 4 heteroatoms. The minimum absolute atomic E-state index is 0.197. The first-order valence-corrected chi connectivity index (χ1v) is 9.07. The lowest BCUT2D eigenvalue weighted by molar-refractivity contribution is 0.213. The van der Waals surface area contributed by atoms with Crippen LogP contribution in [0.15, 0.2) is 27.4 Å². The molecule has 24 heavy (non-hydrogen) atoms. The second kappa shape index (κ2) is 7.39. The molecule has 1 saturated carbocycles. The molecule has 0 spiro atoms. The molecule has 2 aromatic rings. The van der Waals surface area contributed by atoms with Gasteiger partial charge in [-0.1, -0.05) is 32.6 Å². The second-order valence-electron chi connectivity index (χ2n) is 6.98. The lowest BCUT2D eigenvalue weighted by Crippen LogP contribution is -2.31. The van der Waals surface area contributed by atoms with Crippen LogP contribution in [0.4, 0.5) is 0 Å². The second-order valence-corrected chi connectivity index (χ2v) is 6.98. The maximum absolute atomic E-state index is 11.9. The van der Waals surface area contributed by atoms with Crippen LogP contribution in [-0.2, 0) is 13.0 Å². The maximum Gasteiger partial charge on any atom is 0.336 e. The van der Waals surface area contributed by atoms with Crippen molar-refractivity contribution in [3.05, 3.63) is 39.7 Å². The molecule has 0 unspecified atom stereocenters. The zero-order valence-corrected chi connectivity index (χ0v) is 14.7. The summed E-state index contributed by atoms with van der Waals surface area (Å²) in [6.07, 6.45) is 8.47. The van der Waals surface area contributed by atoms with Gasteiger partial charge in [0.2, 0.25) is 0 Å². The van der Waals surface area contributed by atoms with E-state index in [0.29, 0.717) is 11.6 Å². The van der Waals surface area contributed by atoms with Gasteiger partial charge in [-0.15, -0.1) is 0 Å². The summed E-state index contributed by atoms with van der Waals surface area (Å²) in [7, 11) is 2.15. The third-order valence-electron chi connectivity index (χ3n) is 5.28. The summed E-state index contributed by atoms with van der Waals surface area (Å²) in [6, 6.07) is 5.72. The van der Waals surface area contributed by atoms with Gasteiger partial charge in [0.25, 0.3) is 0 Å². The van der Waals surface area contributed by atoms with Crippen molar-refractivity contribution >= 4 is 11.0 Å². The fourth-order valence-corrected chi connectivity index (χ4v) is 3.82. The standard InChI is InChI=1S/C20H27NO3/c1-3-14-10-17-15(11-20(23)24-19(17)12-18(14)22)13-21(2)16-8-6-4-5-7-9-16/h10-12,16,22H,3-9,13H2,1-2H3. The smallest absolute Gasteiger partial charge is 0.336 e. The number of hydrogen-bond donors (Lipinski definition) is 1. The third kappa shape index (κ3) is 3.64. The van der Waals surface area contributed by atoms with Crippen molar-refractivity contribution in [1.29, 1.82) is 0 Å². The molecule has 0 atom stereocenters. The van der Waals surface area contributed by atoms with E-state index in [1.54, 1.807) is 12.1 Å². The SMILES string of the molecule is CCc1cc2c(CN(C)C3CCCCCC3)cc(=O)oc2cc1O. The molecular weight excluding hydrogens is 302 g/mol. The molecule has 0 aliphatic heterocycles. The van der Waals surface area contributed by atoms with Crippen LogP contribution < -0.4 is 5.63 Å². The van der Waals surface area contributed by atoms with Crippen LogP contribution in [-0.4, -0.2) is 23.1 Å². The van der Waals surface area contributed by atoms with E-state index in [4.69, 9.17) is 4.42 Å². The Kier molecular flexibility index (Phi) is 5.24. The molecule has 0 bridgehead atoms. The molecular formula is C20H27NO3. The lowest BCUT2D eigenvalue weighted by atomic mass is 10.0. The summed E-state index contributed by atoms with van der Waals surface area (Å²) in [5, 5.41) is 11.0. The Morgan fingerprint density at radius 3 is 2.50 bits per heavy atom. The summed E-state index contributed by atoms with van der Waals surface area (Å²) >= 11 is 0. The number of nitrogens with zero attached hydrogens (tertiary/aromatic N) is 1. The molecule has 1 N–H and O–H groups in total. The number of aromatic hydroxyl groups is 1. The van der Waals surface area contributed by atoms with E-state index in [2.05, 4.69) is 11.9 Å². The highest BCUT2D eigenvalue weighted by Crippen LogP contribution is 2.28.